The lowest BCUT2D eigenvalue weighted by atomic mass is 9.95. The van der Waals surface area contributed by atoms with Crippen molar-refractivity contribution in [3.63, 3.8) is 0 Å². The van der Waals surface area contributed by atoms with Crippen LogP contribution in [0.1, 0.15) is 46.3 Å². The van der Waals surface area contributed by atoms with E-state index in [0.29, 0.717) is 24.3 Å². The Hall–Kier alpha value is -3.20. The molecule has 1 saturated heterocycles. The van der Waals surface area contributed by atoms with Gasteiger partial charge in [0.25, 0.3) is 5.91 Å². The van der Waals surface area contributed by atoms with Crippen molar-refractivity contribution in [2.75, 3.05) is 51.7 Å². The number of thiophene rings is 1. The van der Waals surface area contributed by atoms with Gasteiger partial charge in [0.1, 0.15) is 0 Å². The van der Waals surface area contributed by atoms with E-state index in [1.807, 2.05) is 49.1 Å². The van der Waals surface area contributed by atoms with Gasteiger partial charge in [0.15, 0.2) is 0 Å². The molecular formula is C29H36N4O3S. The molecule has 0 bridgehead atoms. The zero-order valence-electron chi connectivity index (χ0n) is 21.9. The molecule has 2 amide bonds. The highest BCUT2D eigenvalue weighted by Gasteiger charge is 2.27. The molecule has 7 nitrogen and oxygen atoms in total. The fraction of sp³-hybridized carbons (Fsp3) is 0.379. The first-order valence-corrected chi connectivity index (χ1v) is 13.7. The molecule has 4 rings (SSSR count). The summed E-state index contributed by atoms with van der Waals surface area (Å²) in [6.07, 6.45) is -0.491. The molecular weight excluding hydrogens is 484 g/mol. The van der Waals surface area contributed by atoms with Crippen LogP contribution in [0.3, 0.4) is 0 Å². The molecule has 1 N–H and O–H groups in total. The van der Waals surface area contributed by atoms with Crippen LogP contribution in [0.2, 0.25) is 0 Å². The summed E-state index contributed by atoms with van der Waals surface area (Å²) in [6, 6.07) is 20.2. The van der Waals surface area contributed by atoms with E-state index in [2.05, 4.69) is 50.8 Å². The Bertz CT molecular complexity index is 1150. The van der Waals surface area contributed by atoms with E-state index < -0.39 is 6.09 Å². The number of methoxy groups -OCH3 is 1. The van der Waals surface area contributed by atoms with E-state index in [9.17, 15) is 9.59 Å². The minimum Gasteiger partial charge on any atom is -0.453 e. The van der Waals surface area contributed by atoms with Gasteiger partial charge in [-0.25, -0.2) is 4.79 Å². The summed E-state index contributed by atoms with van der Waals surface area (Å²) in [7, 11) is 1.36. The molecule has 0 aliphatic carbocycles. The quantitative estimate of drug-likeness (QED) is 0.414. The lowest BCUT2D eigenvalue weighted by Crippen LogP contribution is -2.47. The fourth-order valence-electron chi connectivity index (χ4n) is 4.87. The largest absolute Gasteiger partial charge is 0.453 e. The molecule has 0 saturated carbocycles. The van der Waals surface area contributed by atoms with Crippen LogP contribution in [-0.2, 0) is 11.3 Å². The Morgan fingerprint density at radius 2 is 1.70 bits per heavy atom. The molecule has 196 valence electrons. The van der Waals surface area contributed by atoms with Gasteiger partial charge < -0.3 is 9.64 Å². The zero-order valence-corrected chi connectivity index (χ0v) is 22.7. The summed E-state index contributed by atoms with van der Waals surface area (Å²) < 4.78 is 4.78. The fourth-order valence-corrected chi connectivity index (χ4v) is 5.62. The second-order valence-electron chi connectivity index (χ2n) is 9.14. The number of hydrogen-bond acceptors (Lipinski definition) is 6. The van der Waals surface area contributed by atoms with Crippen molar-refractivity contribution in [3.8, 4) is 0 Å². The lowest BCUT2D eigenvalue weighted by molar-refractivity contribution is 0.0772. The molecule has 3 aromatic rings. The molecule has 1 atom stereocenters. The van der Waals surface area contributed by atoms with Crippen LogP contribution >= 0.6 is 11.3 Å². The molecule has 0 unspecified atom stereocenters. The van der Waals surface area contributed by atoms with E-state index in [1.54, 1.807) is 11.3 Å². The van der Waals surface area contributed by atoms with E-state index in [4.69, 9.17) is 4.74 Å². The second kappa shape index (κ2) is 12.9. The number of carbonyl (C=O) groups excluding carboxylic acids is 2. The number of rotatable bonds is 9. The van der Waals surface area contributed by atoms with Crippen molar-refractivity contribution in [1.82, 2.24) is 14.7 Å². The third-order valence-electron chi connectivity index (χ3n) is 6.89. The predicted octanol–water partition coefficient (Wildman–Crippen LogP) is 5.32. The summed E-state index contributed by atoms with van der Waals surface area (Å²) in [4.78, 5) is 32.9. The van der Waals surface area contributed by atoms with Gasteiger partial charge in [-0.2, -0.15) is 0 Å². The summed E-state index contributed by atoms with van der Waals surface area (Å²) in [5.41, 5.74) is 3.61. The SMILES string of the molecule is CCN(CC)C(=O)c1ccc([C@@H](c2cccc(NC(=O)OC)c2)N2CCN(Cc3cccs3)CC2)cc1. The summed E-state index contributed by atoms with van der Waals surface area (Å²) in [5, 5.41) is 4.92. The van der Waals surface area contributed by atoms with Crippen LogP contribution in [0.15, 0.2) is 66.0 Å². The normalized spacial score (nSPS) is 15.2. The molecule has 37 heavy (non-hydrogen) atoms. The standard InChI is InChI=1S/C29H36N4O3S/c1-4-32(5-2)28(34)23-13-11-22(12-14-23)27(24-8-6-9-25(20-24)30-29(35)36-3)33-17-15-31(16-18-33)21-26-10-7-19-37-26/h6-14,19-20,27H,4-5,15-18,21H2,1-3H3,(H,30,35)/t27-/m0/s1. The zero-order chi connectivity index (χ0) is 26.2. The van der Waals surface area contributed by atoms with Crippen LogP contribution in [0, 0.1) is 0 Å². The Labute approximate surface area is 223 Å². The highest BCUT2D eigenvalue weighted by atomic mass is 32.1. The topological polar surface area (TPSA) is 65.1 Å². The van der Waals surface area contributed by atoms with Gasteiger partial charge >= 0.3 is 6.09 Å². The summed E-state index contributed by atoms with van der Waals surface area (Å²) in [5.74, 6) is 0.0552. The third-order valence-corrected chi connectivity index (χ3v) is 7.75. The first-order chi connectivity index (χ1) is 18.0. The molecule has 1 aliphatic heterocycles. The van der Waals surface area contributed by atoms with Gasteiger partial charge in [-0.15, -0.1) is 11.3 Å². The Balaban J connectivity index is 1.58. The van der Waals surface area contributed by atoms with Gasteiger partial charge in [0.05, 0.1) is 13.2 Å². The predicted molar refractivity (Wildman–Crippen MR) is 149 cm³/mol. The minimum absolute atomic E-state index is 0.000824. The minimum atomic E-state index is -0.491. The molecule has 2 heterocycles. The van der Waals surface area contributed by atoms with E-state index in [1.165, 1.54) is 12.0 Å². The number of ether oxygens (including phenoxy) is 1. The number of amides is 2. The van der Waals surface area contributed by atoms with E-state index >= 15 is 0 Å². The Kier molecular flexibility index (Phi) is 9.33. The number of benzene rings is 2. The molecule has 1 aromatic heterocycles. The van der Waals surface area contributed by atoms with Gasteiger partial charge in [-0.1, -0.05) is 30.3 Å². The number of anilines is 1. The number of hydrogen-bond donors (Lipinski definition) is 1. The van der Waals surface area contributed by atoms with E-state index in [0.717, 1.165) is 43.9 Å². The maximum absolute atomic E-state index is 12.9. The maximum atomic E-state index is 12.9. The molecule has 0 radical (unpaired) electrons. The number of nitrogens with zero attached hydrogens (tertiary/aromatic N) is 3. The first kappa shape index (κ1) is 26.9. The van der Waals surface area contributed by atoms with Crippen LogP contribution < -0.4 is 5.32 Å². The maximum Gasteiger partial charge on any atom is 0.411 e. The van der Waals surface area contributed by atoms with Crippen LogP contribution in [0.25, 0.3) is 0 Å². The van der Waals surface area contributed by atoms with E-state index in [-0.39, 0.29) is 11.9 Å². The number of piperazine rings is 1. The smallest absolute Gasteiger partial charge is 0.411 e. The molecule has 0 spiro atoms. The summed E-state index contributed by atoms with van der Waals surface area (Å²) >= 11 is 1.80. The Morgan fingerprint density at radius 1 is 0.973 bits per heavy atom. The van der Waals surface area contributed by atoms with Crippen molar-refractivity contribution in [2.45, 2.75) is 26.4 Å². The monoisotopic (exact) mass is 520 g/mol. The van der Waals surface area contributed by atoms with Crippen LogP contribution in [0.4, 0.5) is 10.5 Å². The van der Waals surface area contributed by atoms with Crippen molar-refractivity contribution < 1.29 is 14.3 Å². The number of nitrogens with one attached hydrogen (secondary N) is 1. The van der Waals surface area contributed by atoms with Crippen LogP contribution in [0.5, 0.6) is 0 Å². The molecule has 8 heteroatoms. The summed E-state index contributed by atoms with van der Waals surface area (Å²) in [6.45, 7) is 10.2. The van der Waals surface area contributed by atoms with Crippen molar-refractivity contribution in [1.29, 1.82) is 0 Å². The second-order valence-corrected chi connectivity index (χ2v) is 10.2. The number of carbonyl (C=O) groups is 2. The van der Waals surface area contributed by atoms with Gasteiger partial charge in [-0.05, 0) is 60.7 Å². The van der Waals surface area contributed by atoms with Crippen LogP contribution in [-0.4, -0.2) is 73.1 Å². The third kappa shape index (κ3) is 6.77. The van der Waals surface area contributed by atoms with Crippen molar-refractivity contribution >= 4 is 29.0 Å². The first-order valence-electron chi connectivity index (χ1n) is 12.8. The molecule has 2 aromatic carbocycles. The average Bonchev–Trinajstić information content (AvgIpc) is 3.44. The molecule has 1 aliphatic rings. The Morgan fingerprint density at radius 3 is 2.32 bits per heavy atom. The van der Waals surface area contributed by atoms with Gasteiger partial charge in [0.2, 0.25) is 0 Å². The highest BCUT2D eigenvalue weighted by Crippen LogP contribution is 2.32. The average molecular weight is 521 g/mol. The highest BCUT2D eigenvalue weighted by molar-refractivity contribution is 7.09. The van der Waals surface area contributed by atoms with Crippen molar-refractivity contribution in [2.24, 2.45) is 0 Å². The van der Waals surface area contributed by atoms with Gasteiger partial charge in [-0.3, -0.25) is 19.9 Å². The lowest BCUT2D eigenvalue weighted by Gasteiger charge is -2.39. The van der Waals surface area contributed by atoms with Crippen molar-refractivity contribution in [3.05, 3.63) is 87.6 Å². The van der Waals surface area contributed by atoms with Gasteiger partial charge in [0, 0.05) is 61.9 Å². The molecule has 1 fully saturated rings.